The monoisotopic (exact) mass is 397 g/mol. The standard InChI is InChI=1S/C18H23NO7S/c1-18(2)8-14(21)17-13(20)6-12(7-15(17)26-18)25-9-16(22)19(3)11-4-5-27(23,24)10-11/h6-7,11,20H,4-5,8-10H2,1-3H3. The van der Waals surface area contributed by atoms with E-state index in [4.69, 9.17) is 9.47 Å². The molecule has 1 aromatic carbocycles. The molecular weight excluding hydrogens is 374 g/mol. The summed E-state index contributed by atoms with van der Waals surface area (Å²) >= 11 is 0. The Balaban J connectivity index is 1.69. The molecule has 1 N–H and O–H groups in total. The fraction of sp³-hybridized carbons (Fsp3) is 0.556. The van der Waals surface area contributed by atoms with Crippen molar-refractivity contribution in [3.8, 4) is 17.2 Å². The van der Waals surface area contributed by atoms with Gasteiger partial charge in [0.2, 0.25) is 0 Å². The number of nitrogens with zero attached hydrogens (tertiary/aromatic N) is 1. The molecular formula is C18H23NO7S. The Morgan fingerprint density at radius 2 is 2.11 bits per heavy atom. The highest BCUT2D eigenvalue weighted by atomic mass is 32.2. The molecule has 0 saturated carbocycles. The molecule has 1 fully saturated rings. The van der Waals surface area contributed by atoms with Gasteiger partial charge in [0.1, 0.15) is 28.4 Å². The number of phenols is 1. The minimum absolute atomic E-state index is 0.0418. The van der Waals surface area contributed by atoms with Gasteiger partial charge < -0.3 is 19.5 Å². The number of fused-ring (bicyclic) bond motifs is 1. The molecule has 1 aromatic rings. The smallest absolute Gasteiger partial charge is 0.260 e. The van der Waals surface area contributed by atoms with E-state index in [1.807, 2.05) is 0 Å². The molecule has 2 aliphatic heterocycles. The average Bonchev–Trinajstić information content (AvgIpc) is 2.89. The van der Waals surface area contributed by atoms with Crippen LogP contribution in [-0.2, 0) is 14.6 Å². The molecule has 0 radical (unpaired) electrons. The second-order valence-corrected chi connectivity index (χ2v) is 9.86. The summed E-state index contributed by atoms with van der Waals surface area (Å²) in [5, 5.41) is 10.1. The first-order chi connectivity index (χ1) is 12.5. The first kappa shape index (κ1) is 19.5. The van der Waals surface area contributed by atoms with Gasteiger partial charge in [0.15, 0.2) is 22.2 Å². The van der Waals surface area contributed by atoms with Crippen LogP contribution in [0.2, 0.25) is 0 Å². The molecule has 1 unspecified atom stereocenters. The topological polar surface area (TPSA) is 110 Å². The van der Waals surface area contributed by atoms with E-state index in [1.165, 1.54) is 17.0 Å². The molecule has 148 valence electrons. The minimum Gasteiger partial charge on any atom is -0.507 e. The van der Waals surface area contributed by atoms with Crippen LogP contribution in [0.5, 0.6) is 17.2 Å². The van der Waals surface area contributed by atoms with Crippen molar-refractivity contribution in [2.45, 2.75) is 38.3 Å². The van der Waals surface area contributed by atoms with Gasteiger partial charge in [0.05, 0.1) is 17.9 Å². The molecule has 2 heterocycles. The van der Waals surface area contributed by atoms with E-state index in [2.05, 4.69) is 0 Å². The maximum absolute atomic E-state index is 12.3. The number of sulfone groups is 1. The van der Waals surface area contributed by atoms with E-state index in [0.717, 1.165) is 0 Å². The molecule has 0 aromatic heterocycles. The van der Waals surface area contributed by atoms with Gasteiger partial charge in [0.25, 0.3) is 5.91 Å². The van der Waals surface area contributed by atoms with Crippen molar-refractivity contribution in [2.75, 3.05) is 25.2 Å². The number of ether oxygens (including phenoxy) is 2. The summed E-state index contributed by atoms with van der Waals surface area (Å²) in [7, 11) is -1.54. The molecule has 9 heteroatoms. The van der Waals surface area contributed by atoms with Crippen molar-refractivity contribution in [2.24, 2.45) is 0 Å². The largest absolute Gasteiger partial charge is 0.507 e. The predicted octanol–water partition coefficient (Wildman–Crippen LogP) is 1.16. The maximum Gasteiger partial charge on any atom is 0.260 e. The zero-order valence-electron chi connectivity index (χ0n) is 15.5. The lowest BCUT2D eigenvalue weighted by Gasteiger charge is -2.32. The Morgan fingerprint density at radius 1 is 1.41 bits per heavy atom. The third-order valence-electron chi connectivity index (χ3n) is 4.82. The molecule has 27 heavy (non-hydrogen) atoms. The summed E-state index contributed by atoms with van der Waals surface area (Å²) in [5.74, 6) is -0.400. The van der Waals surface area contributed by atoms with Crippen LogP contribution < -0.4 is 9.47 Å². The number of aromatic hydroxyl groups is 1. The van der Waals surface area contributed by atoms with Gasteiger partial charge >= 0.3 is 0 Å². The summed E-state index contributed by atoms with van der Waals surface area (Å²) in [6, 6.07) is 2.39. The Kier molecular flexibility index (Phi) is 4.83. The van der Waals surface area contributed by atoms with Crippen molar-refractivity contribution >= 4 is 21.5 Å². The normalized spacial score (nSPS) is 22.6. The summed E-state index contributed by atoms with van der Waals surface area (Å²) in [6.45, 7) is 3.22. The number of phenolic OH excluding ortho intramolecular Hbond substituents is 1. The molecule has 2 aliphatic rings. The number of likely N-dealkylation sites (N-methyl/N-ethyl adjacent to an activating group) is 1. The first-order valence-corrected chi connectivity index (χ1v) is 10.5. The van der Waals surface area contributed by atoms with E-state index in [0.29, 0.717) is 6.42 Å². The Bertz CT molecular complexity index is 891. The third kappa shape index (κ3) is 4.18. The fourth-order valence-electron chi connectivity index (χ4n) is 3.36. The Hall–Kier alpha value is -2.29. The molecule has 0 aliphatic carbocycles. The number of hydrogen-bond acceptors (Lipinski definition) is 7. The van der Waals surface area contributed by atoms with Gasteiger partial charge in [0, 0.05) is 25.2 Å². The van der Waals surface area contributed by atoms with E-state index < -0.39 is 15.4 Å². The van der Waals surface area contributed by atoms with Crippen LogP contribution in [0.1, 0.15) is 37.0 Å². The number of ketones is 1. The van der Waals surface area contributed by atoms with Gasteiger partial charge in [-0.1, -0.05) is 0 Å². The van der Waals surface area contributed by atoms with Gasteiger partial charge in [-0.3, -0.25) is 9.59 Å². The van der Waals surface area contributed by atoms with Crippen molar-refractivity contribution in [1.82, 2.24) is 4.90 Å². The summed E-state index contributed by atoms with van der Waals surface area (Å²) in [6.07, 6.45) is 0.566. The molecule has 1 saturated heterocycles. The molecule has 0 spiro atoms. The highest BCUT2D eigenvalue weighted by Gasteiger charge is 2.35. The lowest BCUT2D eigenvalue weighted by atomic mass is 9.92. The van der Waals surface area contributed by atoms with Crippen molar-refractivity contribution < 1.29 is 32.6 Å². The van der Waals surface area contributed by atoms with E-state index in [-0.39, 0.29) is 65.1 Å². The zero-order valence-corrected chi connectivity index (χ0v) is 16.3. The van der Waals surface area contributed by atoms with Crippen LogP contribution in [0.4, 0.5) is 0 Å². The maximum atomic E-state index is 12.3. The van der Waals surface area contributed by atoms with Gasteiger partial charge in [-0.15, -0.1) is 0 Å². The van der Waals surface area contributed by atoms with Crippen LogP contribution in [0.25, 0.3) is 0 Å². The van der Waals surface area contributed by atoms with Gasteiger partial charge in [-0.05, 0) is 20.3 Å². The van der Waals surface area contributed by atoms with Crippen molar-refractivity contribution in [1.29, 1.82) is 0 Å². The van der Waals surface area contributed by atoms with E-state index >= 15 is 0 Å². The van der Waals surface area contributed by atoms with Gasteiger partial charge in [-0.2, -0.15) is 0 Å². The predicted molar refractivity (Wildman–Crippen MR) is 97.1 cm³/mol. The Labute approximate surface area is 158 Å². The number of Topliss-reactive ketones (excluding diaryl/α,β-unsaturated/α-hetero) is 1. The number of carbonyl (C=O) groups is 2. The lowest BCUT2D eigenvalue weighted by Crippen LogP contribution is -2.40. The molecule has 1 amide bonds. The fourth-order valence-corrected chi connectivity index (χ4v) is 5.13. The van der Waals surface area contributed by atoms with Crippen molar-refractivity contribution in [3.05, 3.63) is 17.7 Å². The molecule has 0 bridgehead atoms. The summed E-state index contributed by atoms with van der Waals surface area (Å²) < 4.78 is 34.3. The second kappa shape index (κ2) is 6.70. The highest BCUT2D eigenvalue weighted by Crippen LogP contribution is 2.40. The summed E-state index contributed by atoms with van der Waals surface area (Å²) in [5.41, 5.74) is -0.583. The second-order valence-electron chi connectivity index (χ2n) is 7.63. The highest BCUT2D eigenvalue weighted by molar-refractivity contribution is 7.91. The average molecular weight is 397 g/mol. The molecule has 8 nitrogen and oxygen atoms in total. The van der Waals surface area contributed by atoms with Crippen LogP contribution in [0.3, 0.4) is 0 Å². The van der Waals surface area contributed by atoms with Crippen LogP contribution >= 0.6 is 0 Å². The first-order valence-electron chi connectivity index (χ1n) is 8.65. The third-order valence-corrected chi connectivity index (χ3v) is 6.57. The van der Waals surface area contributed by atoms with Crippen molar-refractivity contribution in [3.63, 3.8) is 0 Å². The molecule has 3 rings (SSSR count). The van der Waals surface area contributed by atoms with Crippen LogP contribution in [-0.4, -0.2) is 66.9 Å². The number of carbonyl (C=O) groups excluding carboxylic acids is 2. The summed E-state index contributed by atoms with van der Waals surface area (Å²) in [4.78, 5) is 25.9. The quantitative estimate of drug-likeness (QED) is 0.812. The van der Waals surface area contributed by atoms with E-state index in [9.17, 15) is 23.1 Å². The number of hydrogen-bond donors (Lipinski definition) is 1. The lowest BCUT2D eigenvalue weighted by molar-refractivity contribution is -0.133. The SMILES string of the molecule is CN(C(=O)COc1cc(O)c2c(c1)OC(C)(C)CC2=O)C1CCS(=O)(=O)C1. The Morgan fingerprint density at radius 3 is 2.74 bits per heavy atom. The number of rotatable bonds is 4. The zero-order chi connectivity index (χ0) is 20.0. The minimum atomic E-state index is -3.09. The van der Waals surface area contributed by atoms with Gasteiger partial charge in [-0.25, -0.2) is 8.42 Å². The number of benzene rings is 1. The molecule has 1 atom stereocenters. The van der Waals surface area contributed by atoms with Crippen LogP contribution in [0, 0.1) is 0 Å². The number of amides is 1. The van der Waals surface area contributed by atoms with E-state index in [1.54, 1.807) is 20.9 Å². The van der Waals surface area contributed by atoms with Crippen LogP contribution in [0.15, 0.2) is 12.1 Å².